The summed E-state index contributed by atoms with van der Waals surface area (Å²) in [5.74, 6) is 0.154. The fourth-order valence-corrected chi connectivity index (χ4v) is 2.62. The van der Waals surface area contributed by atoms with Gasteiger partial charge in [0.05, 0.1) is 19.0 Å². The van der Waals surface area contributed by atoms with Crippen LogP contribution in [-0.4, -0.2) is 37.1 Å². The van der Waals surface area contributed by atoms with Gasteiger partial charge in [0.1, 0.15) is 11.4 Å². The summed E-state index contributed by atoms with van der Waals surface area (Å²) < 4.78 is 4.77. The van der Waals surface area contributed by atoms with Gasteiger partial charge < -0.3 is 21.1 Å². The van der Waals surface area contributed by atoms with Crippen molar-refractivity contribution in [1.29, 1.82) is 0 Å². The number of nitrogen functional groups attached to an aromatic ring is 1. The number of rotatable bonds is 4. The fourth-order valence-electron chi connectivity index (χ4n) is 2.62. The van der Waals surface area contributed by atoms with Crippen LogP contribution in [0.5, 0.6) is 0 Å². The van der Waals surface area contributed by atoms with Gasteiger partial charge in [0.2, 0.25) is 5.91 Å². The molecule has 0 bridgehead atoms. The van der Waals surface area contributed by atoms with E-state index < -0.39 is 5.97 Å². The van der Waals surface area contributed by atoms with Gasteiger partial charge in [0, 0.05) is 19.5 Å². The van der Waals surface area contributed by atoms with Crippen LogP contribution >= 0.6 is 0 Å². The number of hydrogen-bond donors (Lipinski definition) is 2. The van der Waals surface area contributed by atoms with E-state index in [4.69, 9.17) is 16.2 Å². The second-order valence-corrected chi connectivity index (χ2v) is 5.23. The molecule has 0 radical (unpaired) electrons. The van der Waals surface area contributed by atoms with Crippen molar-refractivity contribution in [3.63, 3.8) is 0 Å². The summed E-state index contributed by atoms with van der Waals surface area (Å²) in [6.45, 7) is 1.44. The summed E-state index contributed by atoms with van der Waals surface area (Å²) >= 11 is 0. The minimum Gasteiger partial charge on any atom is -0.465 e. The highest BCUT2D eigenvalue weighted by Gasteiger charge is 2.25. The number of ether oxygens (including phenoxy) is 1. The lowest BCUT2D eigenvalue weighted by Gasteiger charge is -2.33. The lowest BCUT2D eigenvalue weighted by Crippen LogP contribution is -2.36. The van der Waals surface area contributed by atoms with E-state index in [2.05, 4.69) is 4.98 Å². The van der Waals surface area contributed by atoms with Crippen molar-refractivity contribution in [2.24, 2.45) is 11.7 Å². The van der Waals surface area contributed by atoms with Gasteiger partial charge in [-0.15, -0.1) is 0 Å². The van der Waals surface area contributed by atoms with Crippen LogP contribution in [0.3, 0.4) is 0 Å². The Kier molecular flexibility index (Phi) is 4.62. The van der Waals surface area contributed by atoms with E-state index in [0.29, 0.717) is 29.4 Å². The zero-order chi connectivity index (χ0) is 15.4. The molecule has 21 heavy (non-hydrogen) atoms. The van der Waals surface area contributed by atoms with Crippen molar-refractivity contribution in [3.05, 3.63) is 17.8 Å². The van der Waals surface area contributed by atoms with E-state index in [1.54, 1.807) is 6.07 Å². The number of aromatic nitrogens is 1. The second kappa shape index (κ2) is 6.43. The Bertz CT molecular complexity index is 539. The van der Waals surface area contributed by atoms with E-state index in [0.717, 1.165) is 25.9 Å². The molecule has 114 valence electrons. The number of carbonyl (C=O) groups excluding carboxylic acids is 2. The number of anilines is 2. The summed E-state index contributed by atoms with van der Waals surface area (Å²) in [4.78, 5) is 29.1. The molecule has 1 aromatic rings. The van der Waals surface area contributed by atoms with Crippen molar-refractivity contribution >= 4 is 23.4 Å². The molecule has 0 atom stereocenters. The highest BCUT2D eigenvalue weighted by molar-refractivity contribution is 5.95. The first kappa shape index (κ1) is 15.1. The number of carbonyl (C=O) groups is 2. The molecular weight excluding hydrogens is 272 g/mol. The average molecular weight is 292 g/mol. The van der Waals surface area contributed by atoms with Crippen molar-refractivity contribution in [1.82, 2.24) is 4.98 Å². The molecule has 1 aliphatic heterocycles. The van der Waals surface area contributed by atoms with E-state index in [9.17, 15) is 9.59 Å². The summed E-state index contributed by atoms with van der Waals surface area (Å²) in [5.41, 5.74) is 11.7. The standard InChI is InChI=1S/C14H20N4O3/c1-21-14(20)11-7-10(15)8-17-13(11)18-4-2-9(3-5-18)6-12(16)19/h7-9H,2-6,15H2,1H3,(H2,16,19). The SMILES string of the molecule is COC(=O)c1cc(N)cnc1N1CCC(CC(N)=O)CC1. The van der Waals surface area contributed by atoms with Gasteiger partial charge in [-0.25, -0.2) is 9.78 Å². The molecule has 7 heteroatoms. The van der Waals surface area contributed by atoms with Gasteiger partial charge in [-0.3, -0.25) is 4.79 Å². The summed E-state index contributed by atoms with van der Waals surface area (Å²) in [6.07, 6.45) is 3.62. The van der Waals surface area contributed by atoms with Gasteiger partial charge in [-0.05, 0) is 24.8 Å². The van der Waals surface area contributed by atoms with Gasteiger partial charge in [-0.1, -0.05) is 0 Å². The highest BCUT2D eigenvalue weighted by atomic mass is 16.5. The molecule has 2 rings (SSSR count). The minimum atomic E-state index is -0.455. The number of primary amides is 1. The molecule has 0 aliphatic carbocycles. The maximum Gasteiger partial charge on any atom is 0.341 e. The Morgan fingerprint density at radius 2 is 2.10 bits per heavy atom. The van der Waals surface area contributed by atoms with Crippen LogP contribution in [-0.2, 0) is 9.53 Å². The van der Waals surface area contributed by atoms with Gasteiger partial charge >= 0.3 is 5.97 Å². The molecule has 2 heterocycles. The van der Waals surface area contributed by atoms with Gasteiger partial charge in [-0.2, -0.15) is 0 Å². The molecule has 4 N–H and O–H groups in total. The lowest BCUT2D eigenvalue weighted by molar-refractivity contribution is -0.119. The molecule has 1 saturated heterocycles. The molecule has 0 spiro atoms. The van der Waals surface area contributed by atoms with Crippen LogP contribution in [0.2, 0.25) is 0 Å². The molecule has 0 aromatic carbocycles. The van der Waals surface area contributed by atoms with E-state index in [1.165, 1.54) is 13.3 Å². The predicted molar refractivity (Wildman–Crippen MR) is 78.7 cm³/mol. The van der Waals surface area contributed by atoms with Crippen molar-refractivity contribution in [2.45, 2.75) is 19.3 Å². The van der Waals surface area contributed by atoms with Gasteiger partial charge in [0.25, 0.3) is 0 Å². The third-order valence-corrected chi connectivity index (χ3v) is 3.70. The molecule has 0 unspecified atom stereocenters. The summed E-state index contributed by atoms with van der Waals surface area (Å²) in [6, 6.07) is 1.57. The first-order chi connectivity index (χ1) is 10.0. The summed E-state index contributed by atoms with van der Waals surface area (Å²) in [5, 5.41) is 0. The monoisotopic (exact) mass is 292 g/mol. The van der Waals surface area contributed by atoms with Crippen molar-refractivity contribution in [3.8, 4) is 0 Å². The molecule has 1 aromatic heterocycles. The Balaban J connectivity index is 2.13. The Morgan fingerprint density at radius 3 is 2.67 bits per heavy atom. The molecule has 1 amide bonds. The second-order valence-electron chi connectivity index (χ2n) is 5.23. The number of amides is 1. The van der Waals surface area contributed by atoms with Crippen LogP contribution in [0, 0.1) is 5.92 Å². The third kappa shape index (κ3) is 3.62. The summed E-state index contributed by atoms with van der Waals surface area (Å²) in [7, 11) is 1.33. The quantitative estimate of drug-likeness (QED) is 0.783. The van der Waals surface area contributed by atoms with Crippen LogP contribution in [0.15, 0.2) is 12.3 Å². The van der Waals surface area contributed by atoms with Crippen LogP contribution < -0.4 is 16.4 Å². The van der Waals surface area contributed by atoms with E-state index in [1.807, 2.05) is 4.90 Å². The highest BCUT2D eigenvalue weighted by Crippen LogP contribution is 2.27. The molecule has 7 nitrogen and oxygen atoms in total. The maximum atomic E-state index is 11.8. The first-order valence-electron chi connectivity index (χ1n) is 6.88. The van der Waals surface area contributed by atoms with Gasteiger partial charge in [0.15, 0.2) is 0 Å². The lowest BCUT2D eigenvalue weighted by atomic mass is 9.93. The molecule has 1 aliphatic rings. The van der Waals surface area contributed by atoms with Crippen molar-refractivity contribution in [2.75, 3.05) is 30.8 Å². The van der Waals surface area contributed by atoms with Crippen LogP contribution in [0.4, 0.5) is 11.5 Å². The topological polar surface area (TPSA) is 112 Å². The molecule has 1 fully saturated rings. The van der Waals surface area contributed by atoms with E-state index in [-0.39, 0.29) is 5.91 Å². The number of methoxy groups -OCH3 is 1. The smallest absolute Gasteiger partial charge is 0.341 e. The predicted octanol–water partition coefficient (Wildman–Crippen LogP) is 0.542. The Hall–Kier alpha value is -2.31. The minimum absolute atomic E-state index is 0.269. The Morgan fingerprint density at radius 1 is 1.43 bits per heavy atom. The molecular formula is C14H20N4O3. The number of pyridine rings is 1. The number of hydrogen-bond acceptors (Lipinski definition) is 6. The molecule has 0 saturated carbocycles. The number of esters is 1. The third-order valence-electron chi connectivity index (χ3n) is 3.70. The Labute approximate surface area is 123 Å². The zero-order valence-corrected chi connectivity index (χ0v) is 12.0. The van der Waals surface area contributed by atoms with Crippen LogP contribution in [0.25, 0.3) is 0 Å². The van der Waals surface area contributed by atoms with Crippen molar-refractivity contribution < 1.29 is 14.3 Å². The number of piperidine rings is 1. The maximum absolute atomic E-state index is 11.8. The number of nitrogens with zero attached hydrogens (tertiary/aromatic N) is 2. The van der Waals surface area contributed by atoms with E-state index >= 15 is 0 Å². The first-order valence-corrected chi connectivity index (χ1v) is 6.88. The average Bonchev–Trinajstić information content (AvgIpc) is 2.47. The largest absolute Gasteiger partial charge is 0.465 e. The number of nitrogens with two attached hydrogens (primary N) is 2. The van der Waals surface area contributed by atoms with Crippen LogP contribution in [0.1, 0.15) is 29.6 Å². The normalized spacial score (nSPS) is 15.8. The zero-order valence-electron chi connectivity index (χ0n) is 12.0. The fraction of sp³-hybridized carbons (Fsp3) is 0.500.